The lowest BCUT2D eigenvalue weighted by molar-refractivity contribution is 0.185. The molecule has 0 aromatic heterocycles. The number of aliphatic imine (C=N–C) groups is 1. The quantitative estimate of drug-likeness (QED) is 0.554. The van der Waals surface area contributed by atoms with E-state index in [2.05, 4.69) is 22.1 Å². The Hall–Kier alpha value is -0.770. The smallest absolute Gasteiger partial charge is 0.188 e. The summed E-state index contributed by atoms with van der Waals surface area (Å²) in [7, 11) is 0. The van der Waals surface area contributed by atoms with Crippen molar-refractivity contribution in [3.63, 3.8) is 0 Å². The molecule has 2 fully saturated rings. The van der Waals surface area contributed by atoms with E-state index in [1.165, 1.54) is 38.8 Å². The highest BCUT2D eigenvalue weighted by atomic mass is 15.2. The number of piperidine rings is 1. The van der Waals surface area contributed by atoms with Crippen LogP contribution >= 0.6 is 0 Å². The van der Waals surface area contributed by atoms with Crippen LogP contribution in [0.2, 0.25) is 0 Å². The molecule has 2 saturated heterocycles. The molecule has 0 aromatic carbocycles. The number of fused-ring (bicyclic) bond motifs is 1. The first-order valence-electron chi connectivity index (χ1n) is 6.61. The molecule has 0 spiro atoms. The first-order valence-corrected chi connectivity index (χ1v) is 6.61. The van der Waals surface area contributed by atoms with Gasteiger partial charge in [-0.2, -0.15) is 0 Å². The SMILES string of the molecule is CCCN=C(N)NC1CCN2CCCCC12. The third-order valence-corrected chi connectivity index (χ3v) is 3.70. The van der Waals surface area contributed by atoms with Crippen molar-refractivity contribution in [3.8, 4) is 0 Å². The van der Waals surface area contributed by atoms with Gasteiger partial charge in [-0.1, -0.05) is 13.3 Å². The van der Waals surface area contributed by atoms with E-state index in [1.807, 2.05) is 0 Å². The number of nitrogens with two attached hydrogens (primary N) is 1. The molecular weight excluding hydrogens is 200 g/mol. The Labute approximate surface area is 98.3 Å². The van der Waals surface area contributed by atoms with Gasteiger partial charge in [-0.3, -0.25) is 9.89 Å². The Bertz CT molecular complexity index is 251. The molecule has 2 aliphatic heterocycles. The van der Waals surface area contributed by atoms with Crippen LogP contribution in [0.5, 0.6) is 0 Å². The Morgan fingerprint density at radius 1 is 1.38 bits per heavy atom. The summed E-state index contributed by atoms with van der Waals surface area (Å²) in [6.45, 7) is 5.45. The molecule has 2 atom stereocenters. The average Bonchev–Trinajstić information content (AvgIpc) is 2.70. The van der Waals surface area contributed by atoms with Crippen LogP contribution in [0.15, 0.2) is 4.99 Å². The summed E-state index contributed by atoms with van der Waals surface area (Å²) in [6, 6.07) is 1.23. The second kappa shape index (κ2) is 5.53. The van der Waals surface area contributed by atoms with E-state index in [0.717, 1.165) is 13.0 Å². The minimum atomic E-state index is 0.529. The van der Waals surface area contributed by atoms with Gasteiger partial charge in [0.1, 0.15) is 0 Å². The number of hydrogen-bond donors (Lipinski definition) is 2. The predicted molar refractivity (Wildman–Crippen MR) is 67.5 cm³/mol. The van der Waals surface area contributed by atoms with Gasteiger partial charge in [0.25, 0.3) is 0 Å². The van der Waals surface area contributed by atoms with E-state index in [9.17, 15) is 0 Å². The average molecular weight is 224 g/mol. The molecular formula is C12H24N4. The molecule has 92 valence electrons. The Morgan fingerprint density at radius 3 is 3.06 bits per heavy atom. The van der Waals surface area contributed by atoms with Gasteiger partial charge in [0.15, 0.2) is 5.96 Å². The molecule has 2 aliphatic rings. The Morgan fingerprint density at radius 2 is 2.25 bits per heavy atom. The molecule has 4 nitrogen and oxygen atoms in total. The minimum absolute atomic E-state index is 0.529. The summed E-state index contributed by atoms with van der Waals surface area (Å²) in [5, 5.41) is 3.40. The van der Waals surface area contributed by atoms with Crippen LogP contribution in [0.3, 0.4) is 0 Å². The van der Waals surface area contributed by atoms with Crippen LogP contribution in [-0.2, 0) is 0 Å². The second-order valence-corrected chi connectivity index (χ2v) is 4.91. The van der Waals surface area contributed by atoms with E-state index in [0.29, 0.717) is 18.0 Å². The number of hydrogen-bond acceptors (Lipinski definition) is 2. The molecule has 0 saturated carbocycles. The van der Waals surface area contributed by atoms with Crippen LogP contribution in [0, 0.1) is 0 Å². The fraction of sp³-hybridized carbons (Fsp3) is 0.917. The van der Waals surface area contributed by atoms with Crippen molar-refractivity contribution in [2.24, 2.45) is 10.7 Å². The molecule has 0 aliphatic carbocycles. The molecule has 4 heteroatoms. The zero-order valence-electron chi connectivity index (χ0n) is 10.3. The maximum Gasteiger partial charge on any atom is 0.188 e. The van der Waals surface area contributed by atoms with Gasteiger partial charge < -0.3 is 11.1 Å². The zero-order valence-corrected chi connectivity index (χ0v) is 10.3. The molecule has 16 heavy (non-hydrogen) atoms. The fourth-order valence-corrected chi connectivity index (χ4v) is 2.88. The van der Waals surface area contributed by atoms with Crippen molar-refractivity contribution in [2.75, 3.05) is 19.6 Å². The largest absolute Gasteiger partial charge is 0.370 e. The van der Waals surface area contributed by atoms with Crippen molar-refractivity contribution in [1.29, 1.82) is 0 Å². The van der Waals surface area contributed by atoms with Crippen LogP contribution in [0.1, 0.15) is 39.0 Å². The standard InChI is InChI=1S/C12H24N4/c1-2-7-14-12(13)15-10-6-9-16-8-4-3-5-11(10)16/h10-11H,2-9H2,1H3,(H3,13,14,15). The van der Waals surface area contributed by atoms with Crippen LogP contribution < -0.4 is 11.1 Å². The van der Waals surface area contributed by atoms with Crippen molar-refractivity contribution in [2.45, 2.75) is 51.1 Å². The lowest BCUT2D eigenvalue weighted by Gasteiger charge is -2.32. The number of guanidine groups is 1. The third kappa shape index (κ3) is 2.67. The molecule has 0 radical (unpaired) electrons. The maximum atomic E-state index is 5.88. The van der Waals surface area contributed by atoms with Gasteiger partial charge >= 0.3 is 0 Å². The first-order chi connectivity index (χ1) is 7.81. The summed E-state index contributed by atoms with van der Waals surface area (Å²) in [6.07, 6.45) is 6.32. The number of nitrogens with one attached hydrogen (secondary N) is 1. The summed E-state index contributed by atoms with van der Waals surface area (Å²) < 4.78 is 0. The molecule has 2 unspecified atom stereocenters. The lowest BCUT2D eigenvalue weighted by atomic mass is 9.99. The van der Waals surface area contributed by atoms with E-state index < -0.39 is 0 Å². The van der Waals surface area contributed by atoms with Gasteiger partial charge in [-0.05, 0) is 32.2 Å². The summed E-state index contributed by atoms with van der Waals surface area (Å²) >= 11 is 0. The van der Waals surface area contributed by atoms with E-state index >= 15 is 0 Å². The van der Waals surface area contributed by atoms with Crippen LogP contribution in [-0.4, -0.2) is 42.6 Å². The van der Waals surface area contributed by atoms with Gasteiger partial charge in [0.05, 0.1) is 0 Å². The summed E-state index contributed by atoms with van der Waals surface area (Å²) in [4.78, 5) is 6.91. The molecule has 2 heterocycles. The van der Waals surface area contributed by atoms with Crippen molar-refractivity contribution in [1.82, 2.24) is 10.2 Å². The Balaban J connectivity index is 1.85. The van der Waals surface area contributed by atoms with Crippen molar-refractivity contribution < 1.29 is 0 Å². The minimum Gasteiger partial charge on any atom is -0.370 e. The predicted octanol–water partition coefficient (Wildman–Crippen LogP) is 0.928. The molecule has 2 rings (SSSR count). The van der Waals surface area contributed by atoms with Gasteiger partial charge in [0.2, 0.25) is 0 Å². The molecule has 0 amide bonds. The topological polar surface area (TPSA) is 53.6 Å². The third-order valence-electron chi connectivity index (χ3n) is 3.70. The summed E-state index contributed by atoms with van der Waals surface area (Å²) in [5.74, 6) is 0.638. The highest BCUT2D eigenvalue weighted by Gasteiger charge is 2.35. The Kier molecular flexibility index (Phi) is 4.04. The van der Waals surface area contributed by atoms with Crippen molar-refractivity contribution in [3.05, 3.63) is 0 Å². The summed E-state index contributed by atoms with van der Waals surface area (Å²) in [5.41, 5.74) is 5.88. The lowest BCUT2D eigenvalue weighted by Crippen LogP contribution is -2.49. The van der Waals surface area contributed by atoms with Gasteiger partial charge in [0, 0.05) is 25.2 Å². The second-order valence-electron chi connectivity index (χ2n) is 4.91. The normalized spacial score (nSPS) is 31.4. The van der Waals surface area contributed by atoms with Crippen LogP contribution in [0.25, 0.3) is 0 Å². The number of rotatable bonds is 3. The fourth-order valence-electron chi connectivity index (χ4n) is 2.88. The molecule has 3 N–H and O–H groups in total. The number of nitrogens with zero attached hydrogens (tertiary/aromatic N) is 2. The maximum absolute atomic E-state index is 5.88. The molecule has 0 bridgehead atoms. The van der Waals surface area contributed by atoms with Gasteiger partial charge in [-0.15, -0.1) is 0 Å². The monoisotopic (exact) mass is 224 g/mol. The highest BCUT2D eigenvalue weighted by molar-refractivity contribution is 5.78. The zero-order chi connectivity index (χ0) is 11.4. The van der Waals surface area contributed by atoms with E-state index in [4.69, 9.17) is 5.73 Å². The molecule has 0 aromatic rings. The first kappa shape index (κ1) is 11.7. The highest BCUT2D eigenvalue weighted by Crippen LogP contribution is 2.26. The van der Waals surface area contributed by atoms with E-state index in [-0.39, 0.29) is 0 Å². The van der Waals surface area contributed by atoms with E-state index in [1.54, 1.807) is 0 Å². The van der Waals surface area contributed by atoms with Crippen LogP contribution in [0.4, 0.5) is 0 Å². The van der Waals surface area contributed by atoms with Gasteiger partial charge in [-0.25, -0.2) is 0 Å². The van der Waals surface area contributed by atoms with Crippen molar-refractivity contribution >= 4 is 5.96 Å².